The summed E-state index contributed by atoms with van der Waals surface area (Å²) in [5.41, 5.74) is 3.79. The van der Waals surface area contributed by atoms with Gasteiger partial charge in [0.15, 0.2) is 5.16 Å². The van der Waals surface area contributed by atoms with Gasteiger partial charge in [0.1, 0.15) is 0 Å². The van der Waals surface area contributed by atoms with Crippen LogP contribution in [0.1, 0.15) is 23.9 Å². The first-order valence-corrected chi connectivity index (χ1v) is 6.21. The monoisotopic (exact) mass is 209 g/mol. The number of aryl methyl sites for hydroxylation is 1. The van der Waals surface area contributed by atoms with Crippen LogP contribution in [0.4, 0.5) is 0 Å². The van der Waals surface area contributed by atoms with Crippen LogP contribution in [0.5, 0.6) is 0 Å². The van der Waals surface area contributed by atoms with E-state index in [1.54, 1.807) is 11.8 Å². The minimum atomic E-state index is 0.919. The third-order valence-corrected chi connectivity index (χ3v) is 3.06. The Morgan fingerprint density at radius 3 is 3.00 bits per heavy atom. The fourth-order valence-electron chi connectivity index (χ4n) is 1.77. The molecule has 0 saturated carbocycles. The molecule has 1 aliphatic heterocycles. The topological polar surface area (TPSA) is 37.8 Å². The van der Waals surface area contributed by atoms with E-state index in [4.69, 9.17) is 0 Å². The minimum Gasteiger partial charge on any atom is -0.312 e. The van der Waals surface area contributed by atoms with Crippen LogP contribution in [-0.2, 0) is 19.4 Å². The molecule has 0 aromatic carbocycles. The molecule has 14 heavy (non-hydrogen) atoms. The van der Waals surface area contributed by atoms with Gasteiger partial charge in [-0.15, -0.1) is 0 Å². The second-order valence-corrected chi connectivity index (χ2v) is 4.14. The number of fused-ring (bicyclic) bond motifs is 1. The summed E-state index contributed by atoms with van der Waals surface area (Å²) in [4.78, 5) is 9.09. The summed E-state index contributed by atoms with van der Waals surface area (Å²) < 4.78 is 0. The number of hydrogen-bond donors (Lipinski definition) is 1. The highest BCUT2D eigenvalue weighted by Crippen LogP contribution is 2.19. The molecule has 2 heterocycles. The number of nitrogens with zero attached hydrogens (tertiary/aromatic N) is 2. The first-order valence-electron chi connectivity index (χ1n) is 4.98. The average molecular weight is 209 g/mol. The molecule has 1 N–H and O–H groups in total. The second-order valence-electron chi connectivity index (χ2n) is 3.36. The van der Waals surface area contributed by atoms with Crippen LogP contribution < -0.4 is 5.32 Å². The van der Waals surface area contributed by atoms with E-state index >= 15 is 0 Å². The van der Waals surface area contributed by atoms with Crippen molar-refractivity contribution in [3.63, 3.8) is 0 Å². The van der Waals surface area contributed by atoms with Crippen molar-refractivity contribution in [2.24, 2.45) is 0 Å². The van der Waals surface area contributed by atoms with E-state index in [0.717, 1.165) is 31.1 Å². The SMILES string of the molecule is CCc1nc(SC)nc2c1CNCC2. The third kappa shape index (κ3) is 1.77. The molecule has 1 aliphatic rings. The summed E-state index contributed by atoms with van der Waals surface area (Å²) in [6, 6.07) is 0. The number of rotatable bonds is 2. The average Bonchev–Trinajstić information content (AvgIpc) is 2.27. The van der Waals surface area contributed by atoms with Gasteiger partial charge < -0.3 is 5.32 Å². The van der Waals surface area contributed by atoms with Crippen molar-refractivity contribution in [2.45, 2.75) is 31.5 Å². The van der Waals surface area contributed by atoms with E-state index < -0.39 is 0 Å². The lowest BCUT2D eigenvalue weighted by molar-refractivity contribution is 0.606. The van der Waals surface area contributed by atoms with Crippen LogP contribution in [0.15, 0.2) is 5.16 Å². The Bertz CT molecular complexity index is 321. The van der Waals surface area contributed by atoms with Crippen molar-refractivity contribution in [3.8, 4) is 0 Å². The summed E-state index contributed by atoms with van der Waals surface area (Å²) in [5, 5.41) is 4.29. The zero-order chi connectivity index (χ0) is 9.97. The van der Waals surface area contributed by atoms with Gasteiger partial charge in [0.2, 0.25) is 0 Å². The van der Waals surface area contributed by atoms with Gasteiger partial charge in [-0.25, -0.2) is 9.97 Å². The highest BCUT2D eigenvalue weighted by atomic mass is 32.2. The molecule has 0 unspecified atom stereocenters. The van der Waals surface area contributed by atoms with E-state index in [0.29, 0.717) is 0 Å². The van der Waals surface area contributed by atoms with Crippen LogP contribution in [0.2, 0.25) is 0 Å². The van der Waals surface area contributed by atoms with Crippen molar-refractivity contribution < 1.29 is 0 Å². The van der Waals surface area contributed by atoms with E-state index in [2.05, 4.69) is 22.2 Å². The maximum atomic E-state index is 4.55. The van der Waals surface area contributed by atoms with Crippen molar-refractivity contribution in [1.29, 1.82) is 0 Å². The maximum Gasteiger partial charge on any atom is 0.187 e. The van der Waals surface area contributed by atoms with Crippen molar-refractivity contribution in [1.82, 2.24) is 15.3 Å². The minimum absolute atomic E-state index is 0.919. The van der Waals surface area contributed by atoms with E-state index in [-0.39, 0.29) is 0 Å². The second kappa shape index (κ2) is 4.28. The van der Waals surface area contributed by atoms with Crippen molar-refractivity contribution in [2.75, 3.05) is 12.8 Å². The van der Waals surface area contributed by atoms with Gasteiger partial charge in [-0.3, -0.25) is 0 Å². The molecule has 2 rings (SSSR count). The summed E-state index contributed by atoms with van der Waals surface area (Å²) in [6.45, 7) is 4.13. The Balaban J connectivity index is 2.47. The summed E-state index contributed by atoms with van der Waals surface area (Å²) in [7, 11) is 0. The van der Waals surface area contributed by atoms with Crippen molar-refractivity contribution in [3.05, 3.63) is 17.0 Å². The standard InChI is InChI=1S/C10H15N3S/c1-3-8-7-6-11-5-4-9(7)13-10(12-8)14-2/h11H,3-6H2,1-2H3. The molecule has 0 atom stereocenters. The largest absolute Gasteiger partial charge is 0.312 e. The van der Waals surface area contributed by atoms with Crippen LogP contribution >= 0.6 is 11.8 Å². The van der Waals surface area contributed by atoms with Gasteiger partial charge in [0.25, 0.3) is 0 Å². The summed E-state index contributed by atoms with van der Waals surface area (Å²) in [5.74, 6) is 0. The first-order chi connectivity index (χ1) is 6.85. The Morgan fingerprint density at radius 1 is 1.43 bits per heavy atom. The van der Waals surface area contributed by atoms with Gasteiger partial charge >= 0.3 is 0 Å². The quantitative estimate of drug-likeness (QED) is 0.590. The molecule has 0 fully saturated rings. The Kier molecular flexibility index (Phi) is 3.03. The summed E-state index contributed by atoms with van der Waals surface area (Å²) in [6.07, 6.45) is 4.07. The van der Waals surface area contributed by atoms with Gasteiger partial charge in [-0.2, -0.15) is 0 Å². The normalized spacial score (nSPS) is 15.3. The molecule has 76 valence electrons. The molecular weight excluding hydrogens is 194 g/mol. The molecule has 1 aromatic rings. The van der Waals surface area contributed by atoms with E-state index in [9.17, 15) is 0 Å². The fourth-order valence-corrected chi connectivity index (χ4v) is 2.18. The Morgan fingerprint density at radius 2 is 2.29 bits per heavy atom. The number of hydrogen-bond acceptors (Lipinski definition) is 4. The highest BCUT2D eigenvalue weighted by Gasteiger charge is 2.15. The lowest BCUT2D eigenvalue weighted by Crippen LogP contribution is -2.26. The molecule has 0 amide bonds. The zero-order valence-corrected chi connectivity index (χ0v) is 9.45. The molecular formula is C10H15N3S. The molecule has 0 aliphatic carbocycles. The maximum absolute atomic E-state index is 4.55. The Hall–Kier alpha value is -0.610. The molecule has 0 radical (unpaired) electrons. The van der Waals surface area contributed by atoms with Crippen LogP contribution in [0.3, 0.4) is 0 Å². The third-order valence-electron chi connectivity index (χ3n) is 2.52. The predicted molar refractivity (Wildman–Crippen MR) is 58.6 cm³/mol. The van der Waals surface area contributed by atoms with Gasteiger partial charge in [-0.05, 0) is 12.7 Å². The first kappa shape index (κ1) is 9.93. The smallest absolute Gasteiger partial charge is 0.187 e. The van der Waals surface area contributed by atoms with Crippen LogP contribution in [0, 0.1) is 0 Å². The predicted octanol–water partition coefficient (Wildman–Crippen LogP) is 1.41. The van der Waals surface area contributed by atoms with Gasteiger partial charge in [-0.1, -0.05) is 18.7 Å². The molecule has 4 heteroatoms. The molecule has 0 saturated heterocycles. The van der Waals surface area contributed by atoms with Crippen molar-refractivity contribution >= 4 is 11.8 Å². The molecule has 0 spiro atoms. The zero-order valence-electron chi connectivity index (χ0n) is 8.63. The molecule has 0 bridgehead atoms. The van der Waals surface area contributed by atoms with E-state index in [1.165, 1.54) is 17.0 Å². The number of aromatic nitrogens is 2. The van der Waals surface area contributed by atoms with Crippen LogP contribution in [0.25, 0.3) is 0 Å². The van der Waals surface area contributed by atoms with Gasteiger partial charge in [0, 0.05) is 30.8 Å². The summed E-state index contributed by atoms with van der Waals surface area (Å²) >= 11 is 1.63. The highest BCUT2D eigenvalue weighted by molar-refractivity contribution is 7.98. The lowest BCUT2D eigenvalue weighted by Gasteiger charge is -2.19. The fraction of sp³-hybridized carbons (Fsp3) is 0.600. The molecule has 1 aromatic heterocycles. The lowest BCUT2D eigenvalue weighted by atomic mass is 10.0. The Labute approximate surface area is 88.7 Å². The van der Waals surface area contributed by atoms with Crippen LogP contribution in [-0.4, -0.2) is 22.8 Å². The van der Waals surface area contributed by atoms with Gasteiger partial charge in [0.05, 0.1) is 5.69 Å². The number of nitrogens with one attached hydrogen (secondary N) is 1. The van der Waals surface area contributed by atoms with E-state index in [1.807, 2.05) is 6.26 Å². The number of thioether (sulfide) groups is 1. The molecule has 3 nitrogen and oxygen atoms in total.